The average Bonchev–Trinajstić information content (AvgIpc) is 2.57. The molecule has 3 rings (SSSR count). The summed E-state index contributed by atoms with van der Waals surface area (Å²) >= 11 is 0. The summed E-state index contributed by atoms with van der Waals surface area (Å²) in [5, 5.41) is 2.49. The van der Waals surface area contributed by atoms with E-state index in [9.17, 15) is 0 Å². The Hall–Kier alpha value is -2.38. The maximum atomic E-state index is 6.13. The van der Waals surface area contributed by atoms with E-state index in [1.807, 2.05) is 18.2 Å². The molecular weight excluding hydrogens is 268 g/mol. The molecule has 0 aliphatic rings. The van der Waals surface area contributed by atoms with E-state index in [0.29, 0.717) is 6.61 Å². The van der Waals surface area contributed by atoms with Crippen molar-refractivity contribution in [2.24, 2.45) is 0 Å². The molecule has 0 bridgehead atoms. The fraction of sp³-hybridized carbons (Fsp3) is 0.143. The number of aryl methyl sites for hydroxylation is 1. The van der Waals surface area contributed by atoms with Crippen LogP contribution in [0.1, 0.15) is 22.8 Å². The van der Waals surface area contributed by atoms with E-state index in [4.69, 9.17) is 4.74 Å². The SMILES string of the molecule is C=C[C@@H](OCc1cccc2ccccc12)c1ccccc1C. The number of ether oxygens (including phenoxy) is 1. The first-order valence-electron chi connectivity index (χ1n) is 7.56. The average molecular weight is 288 g/mol. The minimum atomic E-state index is -0.0832. The first-order valence-corrected chi connectivity index (χ1v) is 7.56. The van der Waals surface area contributed by atoms with Crippen molar-refractivity contribution in [1.29, 1.82) is 0 Å². The third-order valence-electron chi connectivity index (χ3n) is 4.01. The van der Waals surface area contributed by atoms with E-state index in [1.165, 1.54) is 27.5 Å². The van der Waals surface area contributed by atoms with Crippen molar-refractivity contribution in [3.05, 3.63) is 96.1 Å². The summed E-state index contributed by atoms with van der Waals surface area (Å²) in [6, 6.07) is 23.0. The predicted molar refractivity (Wildman–Crippen MR) is 92.9 cm³/mol. The second-order valence-corrected chi connectivity index (χ2v) is 5.46. The lowest BCUT2D eigenvalue weighted by atomic mass is 10.0. The number of hydrogen-bond acceptors (Lipinski definition) is 1. The zero-order chi connectivity index (χ0) is 15.4. The van der Waals surface area contributed by atoms with Crippen molar-refractivity contribution in [3.63, 3.8) is 0 Å². The van der Waals surface area contributed by atoms with Gasteiger partial charge in [-0.05, 0) is 34.4 Å². The van der Waals surface area contributed by atoms with Gasteiger partial charge in [0.1, 0.15) is 6.10 Å². The Labute approximate surface area is 131 Å². The molecule has 0 saturated carbocycles. The molecule has 22 heavy (non-hydrogen) atoms. The van der Waals surface area contributed by atoms with Gasteiger partial charge < -0.3 is 4.74 Å². The summed E-state index contributed by atoms with van der Waals surface area (Å²) in [5.41, 5.74) is 3.61. The standard InChI is InChI=1S/C21H20O/c1-3-21(19-13-6-4-9-16(19)2)22-15-18-12-8-11-17-10-5-7-14-20(17)18/h3-14,21H,1,15H2,2H3/t21-/m1/s1. The number of fused-ring (bicyclic) bond motifs is 1. The Morgan fingerprint density at radius 3 is 2.50 bits per heavy atom. The fourth-order valence-electron chi connectivity index (χ4n) is 2.79. The van der Waals surface area contributed by atoms with E-state index < -0.39 is 0 Å². The van der Waals surface area contributed by atoms with E-state index >= 15 is 0 Å². The molecule has 0 amide bonds. The highest BCUT2D eigenvalue weighted by Gasteiger charge is 2.11. The highest BCUT2D eigenvalue weighted by atomic mass is 16.5. The molecule has 0 spiro atoms. The fourth-order valence-corrected chi connectivity index (χ4v) is 2.79. The highest BCUT2D eigenvalue weighted by molar-refractivity contribution is 5.85. The van der Waals surface area contributed by atoms with Crippen molar-refractivity contribution >= 4 is 10.8 Å². The Kier molecular flexibility index (Phi) is 4.36. The molecule has 0 heterocycles. The van der Waals surface area contributed by atoms with Crippen LogP contribution in [0.4, 0.5) is 0 Å². The maximum absolute atomic E-state index is 6.13. The zero-order valence-electron chi connectivity index (χ0n) is 12.8. The van der Waals surface area contributed by atoms with E-state index in [-0.39, 0.29) is 6.10 Å². The van der Waals surface area contributed by atoms with Gasteiger partial charge in [0.2, 0.25) is 0 Å². The normalized spacial score (nSPS) is 12.2. The molecule has 0 N–H and O–H groups in total. The Bertz CT molecular complexity index is 783. The quantitative estimate of drug-likeness (QED) is 0.556. The predicted octanol–water partition coefficient (Wildman–Crippen LogP) is 5.59. The zero-order valence-corrected chi connectivity index (χ0v) is 12.8. The molecule has 0 aliphatic heterocycles. The third kappa shape index (κ3) is 2.95. The van der Waals surface area contributed by atoms with Crippen molar-refractivity contribution in [3.8, 4) is 0 Å². The van der Waals surface area contributed by atoms with Crippen LogP contribution in [0, 0.1) is 6.92 Å². The second kappa shape index (κ2) is 6.59. The molecule has 0 aliphatic carbocycles. The smallest absolute Gasteiger partial charge is 0.101 e. The lowest BCUT2D eigenvalue weighted by Gasteiger charge is -2.17. The van der Waals surface area contributed by atoms with Crippen LogP contribution < -0.4 is 0 Å². The van der Waals surface area contributed by atoms with Gasteiger partial charge >= 0.3 is 0 Å². The van der Waals surface area contributed by atoms with Crippen LogP contribution in [0.5, 0.6) is 0 Å². The van der Waals surface area contributed by atoms with Gasteiger partial charge in [0, 0.05) is 0 Å². The van der Waals surface area contributed by atoms with E-state index in [1.54, 1.807) is 0 Å². The summed E-state index contributed by atoms with van der Waals surface area (Å²) in [6.45, 7) is 6.61. The third-order valence-corrected chi connectivity index (χ3v) is 4.01. The van der Waals surface area contributed by atoms with Gasteiger partial charge in [-0.2, -0.15) is 0 Å². The Balaban J connectivity index is 1.84. The van der Waals surface area contributed by atoms with Crippen LogP contribution in [-0.2, 0) is 11.3 Å². The van der Waals surface area contributed by atoms with Gasteiger partial charge in [0.25, 0.3) is 0 Å². The van der Waals surface area contributed by atoms with Gasteiger partial charge in [-0.1, -0.05) is 72.8 Å². The van der Waals surface area contributed by atoms with Crippen molar-refractivity contribution in [2.75, 3.05) is 0 Å². The van der Waals surface area contributed by atoms with Gasteiger partial charge in [0.15, 0.2) is 0 Å². The first-order chi connectivity index (χ1) is 10.8. The number of hydrogen-bond donors (Lipinski definition) is 0. The molecule has 0 unspecified atom stereocenters. The topological polar surface area (TPSA) is 9.23 Å². The highest BCUT2D eigenvalue weighted by Crippen LogP contribution is 2.25. The summed E-state index contributed by atoms with van der Waals surface area (Å²) in [6.07, 6.45) is 1.79. The number of rotatable bonds is 5. The van der Waals surface area contributed by atoms with E-state index in [0.717, 1.165) is 0 Å². The molecule has 0 radical (unpaired) electrons. The van der Waals surface area contributed by atoms with Crippen LogP contribution in [0.25, 0.3) is 10.8 Å². The minimum Gasteiger partial charge on any atom is -0.365 e. The first kappa shape index (κ1) is 14.6. The monoisotopic (exact) mass is 288 g/mol. The summed E-state index contributed by atoms with van der Waals surface area (Å²) in [7, 11) is 0. The Morgan fingerprint density at radius 2 is 1.68 bits per heavy atom. The minimum absolute atomic E-state index is 0.0832. The summed E-state index contributed by atoms with van der Waals surface area (Å²) < 4.78 is 6.13. The molecule has 1 heteroatoms. The van der Waals surface area contributed by atoms with Crippen LogP contribution in [0.2, 0.25) is 0 Å². The molecule has 110 valence electrons. The van der Waals surface area contributed by atoms with Crippen LogP contribution >= 0.6 is 0 Å². The van der Waals surface area contributed by atoms with Crippen molar-refractivity contribution in [2.45, 2.75) is 19.6 Å². The molecule has 1 nitrogen and oxygen atoms in total. The molecular formula is C21H20O. The van der Waals surface area contributed by atoms with E-state index in [2.05, 4.69) is 68.1 Å². The van der Waals surface area contributed by atoms with Gasteiger partial charge in [-0.15, -0.1) is 6.58 Å². The van der Waals surface area contributed by atoms with Crippen molar-refractivity contribution in [1.82, 2.24) is 0 Å². The molecule has 3 aromatic carbocycles. The summed E-state index contributed by atoms with van der Waals surface area (Å²) in [4.78, 5) is 0. The Morgan fingerprint density at radius 1 is 0.955 bits per heavy atom. The molecule has 0 aromatic heterocycles. The molecule has 1 atom stereocenters. The van der Waals surface area contributed by atoms with Crippen LogP contribution in [0.15, 0.2) is 79.4 Å². The van der Waals surface area contributed by atoms with Gasteiger partial charge in [-0.3, -0.25) is 0 Å². The lowest BCUT2D eigenvalue weighted by molar-refractivity contribution is 0.0724. The molecule has 3 aromatic rings. The number of benzene rings is 3. The van der Waals surface area contributed by atoms with Crippen molar-refractivity contribution < 1.29 is 4.74 Å². The van der Waals surface area contributed by atoms with Gasteiger partial charge in [0.05, 0.1) is 6.61 Å². The van der Waals surface area contributed by atoms with Crippen LogP contribution in [-0.4, -0.2) is 0 Å². The van der Waals surface area contributed by atoms with Crippen LogP contribution in [0.3, 0.4) is 0 Å². The summed E-state index contributed by atoms with van der Waals surface area (Å²) in [5.74, 6) is 0. The molecule has 0 saturated heterocycles. The second-order valence-electron chi connectivity index (χ2n) is 5.46. The molecule has 0 fully saturated rings. The lowest BCUT2D eigenvalue weighted by Crippen LogP contribution is -2.03. The van der Waals surface area contributed by atoms with Gasteiger partial charge in [-0.25, -0.2) is 0 Å². The maximum Gasteiger partial charge on any atom is 0.101 e. The largest absolute Gasteiger partial charge is 0.365 e.